The first-order valence-corrected chi connectivity index (χ1v) is 9.92. The molecule has 2 heterocycles. The topological polar surface area (TPSA) is 76.3 Å². The molecule has 160 valence electrons. The zero-order valence-electron chi connectivity index (χ0n) is 16.5. The van der Waals surface area contributed by atoms with Gasteiger partial charge in [-0.25, -0.2) is 0 Å². The first-order valence-electron chi connectivity index (χ1n) is 9.92. The molecule has 0 radical (unpaired) electrons. The molecular formula is C21H22F3N3O3. The second-order valence-electron chi connectivity index (χ2n) is 8.45. The van der Waals surface area contributed by atoms with E-state index in [0.29, 0.717) is 18.4 Å². The Kier molecular flexibility index (Phi) is 4.94. The fourth-order valence-electron chi connectivity index (χ4n) is 4.31. The maximum atomic E-state index is 14.2. The standard InChI is InChI=1S/C21H22F3N3O3/c1-19(9-7-15(28)8-10-19)18(29)27-12-11-20(13-27,21(22,23)24)17-25-16(26-30-17)14-5-3-2-4-6-14/h2-6H,7-13H2,1H3. The molecular weight excluding hydrogens is 399 g/mol. The van der Waals surface area contributed by atoms with Gasteiger partial charge in [0.05, 0.1) is 0 Å². The maximum absolute atomic E-state index is 14.2. The Labute approximate surface area is 171 Å². The highest BCUT2D eigenvalue weighted by Gasteiger charge is 2.64. The minimum atomic E-state index is -4.66. The molecule has 1 saturated carbocycles. The molecule has 1 saturated heterocycles. The van der Waals surface area contributed by atoms with E-state index in [9.17, 15) is 22.8 Å². The van der Waals surface area contributed by atoms with Crippen molar-refractivity contribution in [2.45, 2.75) is 50.6 Å². The molecule has 1 aromatic heterocycles. The number of nitrogens with zero attached hydrogens (tertiary/aromatic N) is 3. The Morgan fingerprint density at radius 1 is 1.13 bits per heavy atom. The van der Waals surface area contributed by atoms with Crippen molar-refractivity contribution in [1.82, 2.24) is 15.0 Å². The second kappa shape index (κ2) is 7.21. The molecule has 1 aromatic carbocycles. The summed E-state index contributed by atoms with van der Waals surface area (Å²) < 4.78 is 47.8. The number of carbonyl (C=O) groups is 2. The van der Waals surface area contributed by atoms with Gasteiger partial charge in [-0.3, -0.25) is 9.59 Å². The lowest BCUT2D eigenvalue weighted by Crippen LogP contribution is -2.48. The van der Waals surface area contributed by atoms with Crippen molar-refractivity contribution in [1.29, 1.82) is 0 Å². The van der Waals surface area contributed by atoms with E-state index in [1.54, 1.807) is 37.3 Å². The van der Waals surface area contributed by atoms with Crippen LogP contribution in [0.3, 0.4) is 0 Å². The molecule has 1 aliphatic heterocycles. The first kappa shape index (κ1) is 20.6. The van der Waals surface area contributed by atoms with Crippen LogP contribution >= 0.6 is 0 Å². The minimum Gasteiger partial charge on any atom is -0.341 e. The molecule has 1 amide bonds. The van der Waals surface area contributed by atoms with Gasteiger partial charge in [0.15, 0.2) is 5.41 Å². The summed E-state index contributed by atoms with van der Waals surface area (Å²) in [5.41, 5.74) is -2.67. The summed E-state index contributed by atoms with van der Waals surface area (Å²) in [5, 5.41) is 3.74. The Hall–Kier alpha value is -2.71. The van der Waals surface area contributed by atoms with Crippen LogP contribution in [-0.2, 0) is 15.0 Å². The van der Waals surface area contributed by atoms with Crippen LogP contribution in [0.25, 0.3) is 11.4 Å². The Morgan fingerprint density at radius 2 is 1.80 bits per heavy atom. The highest BCUT2D eigenvalue weighted by molar-refractivity contribution is 5.87. The third-order valence-corrected chi connectivity index (χ3v) is 6.39. The number of likely N-dealkylation sites (tertiary alicyclic amines) is 1. The summed E-state index contributed by atoms with van der Waals surface area (Å²) in [6.07, 6.45) is -3.72. The predicted octanol–water partition coefficient (Wildman–Crippen LogP) is 3.92. The molecule has 4 rings (SSSR count). The molecule has 30 heavy (non-hydrogen) atoms. The molecule has 6 nitrogen and oxygen atoms in total. The van der Waals surface area contributed by atoms with Crippen LogP contribution in [0.15, 0.2) is 34.9 Å². The number of halogens is 3. The highest BCUT2D eigenvalue weighted by atomic mass is 19.4. The van der Waals surface area contributed by atoms with Crippen LogP contribution in [0, 0.1) is 5.41 Å². The number of hydrogen-bond acceptors (Lipinski definition) is 5. The first-order chi connectivity index (χ1) is 14.1. The van der Waals surface area contributed by atoms with Crippen molar-refractivity contribution in [2.24, 2.45) is 5.41 Å². The van der Waals surface area contributed by atoms with Gasteiger partial charge in [0.2, 0.25) is 17.6 Å². The van der Waals surface area contributed by atoms with Crippen molar-refractivity contribution >= 4 is 11.7 Å². The monoisotopic (exact) mass is 421 g/mol. The van der Waals surface area contributed by atoms with Crippen molar-refractivity contribution in [2.75, 3.05) is 13.1 Å². The van der Waals surface area contributed by atoms with Gasteiger partial charge in [0.25, 0.3) is 0 Å². The van der Waals surface area contributed by atoms with Gasteiger partial charge in [-0.1, -0.05) is 42.4 Å². The Bertz CT molecular complexity index is 947. The summed E-state index contributed by atoms with van der Waals surface area (Å²) in [6.45, 7) is 1.12. The van der Waals surface area contributed by atoms with Gasteiger partial charge in [-0.05, 0) is 19.3 Å². The van der Waals surface area contributed by atoms with Crippen molar-refractivity contribution in [3.8, 4) is 11.4 Å². The van der Waals surface area contributed by atoms with E-state index in [1.165, 1.54) is 4.90 Å². The van der Waals surface area contributed by atoms with E-state index in [2.05, 4.69) is 10.1 Å². The van der Waals surface area contributed by atoms with Crippen LogP contribution in [0.2, 0.25) is 0 Å². The zero-order chi connectivity index (χ0) is 21.6. The van der Waals surface area contributed by atoms with Gasteiger partial charge in [-0.2, -0.15) is 18.2 Å². The van der Waals surface area contributed by atoms with E-state index in [0.717, 1.165) is 0 Å². The lowest BCUT2D eigenvalue weighted by Gasteiger charge is -2.36. The smallest absolute Gasteiger partial charge is 0.341 e. The molecule has 1 unspecified atom stereocenters. The molecule has 0 bridgehead atoms. The highest BCUT2D eigenvalue weighted by Crippen LogP contribution is 2.49. The average molecular weight is 421 g/mol. The number of ketones is 1. The van der Waals surface area contributed by atoms with E-state index in [4.69, 9.17) is 4.52 Å². The molecule has 2 fully saturated rings. The van der Waals surface area contributed by atoms with E-state index >= 15 is 0 Å². The largest absolute Gasteiger partial charge is 0.405 e. The van der Waals surface area contributed by atoms with Crippen molar-refractivity contribution in [3.05, 3.63) is 36.2 Å². The summed E-state index contributed by atoms with van der Waals surface area (Å²) in [6, 6.07) is 8.61. The van der Waals surface area contributed by atoms with Gasteiger partial charge >= 0.3 is 6.18 Å². The lowest BCUT2D eigenvalue weighted by molar-refractivity contribution is -0.194. The van der Waals surface area contributed by atoms with Gasteiger partial charge in [0.1, 0.15) is 5.78 Å². The molecule has 2 aromatic rings. The number of amides is 1. The van der Waals surface area contributed by atoms with E-state index in [-0.39, 0.29) is 43.3 Å². The number of Topliss-reactive ketones (excluding diaryl/α,β-unsaturated/α-hetero) is 1. The van der Waals surface area contributed by atoms with Gasteiger partial charge in [-0.15, -0.1) is 0 Å². The quantitative estimate of drug-likeness (QED) is 0.751. The van der Waals surface area contributed by atoms with E-state index < -0.39 is 29.4 Å². The van der Waals surface area contributed by atoms with Crippen molar-refractivity contribution in [3.63, 3.8) is 0 Å². The van der Waals surface area contributed by atoms with Gasteiger partial charge in [0, 0.05) is 36.9 Å². The number of alkyl halides is 3. The number of hydrogen-bond donors (Lipinski definition) is 0. The van der Waals surface area contributed by atoms with E-state index in [1.807, 2.05) is 0 Å². The Morgan fingerprint density at radius 3 is 2.43 bits per heavy atom. The molecule has 9 heteroatoms. The minimum absolute atomic E-state index is 0.0507. The van der Waals surface area contributed by atoms with Crippen molar-refractivity contribution < 1.29 is 27.3 Å². The normalized spacial score (nSPS) is 24.3. The summed E-state index contributed by atoms with van der Waals surface area (Å²) in [7, 11) is 0. The Balaban J connectivity index is 1.61. The summed E-state index contributed by atoms with van der Waals surface area (Å²) in [5.74, 6) is -0.695. The van der Waals surface area contributed by atoms with Gasteiger partial charge < -0.3 is 9.42 Å². The molecule has 2 aliphatic rings. The molecule has 1 atom stereocenters. The number of benzene rings is 1. The van der Waals surface area contributed by atoms with Crippen LogP contribution in [0.5, 0.6) is 0 Å². The third-order valence-electron chi connectivity index (χ3n) is 6.39. The molecule has 1 aliphatic carbocycles. The fourth-order valence-corrected chi connectivity index (χ4v) is 4.31. The van der Waals surface area contributed by atoms with Crippen LogP contribution in [-0.4, -0.2) is 46.0 Å². The van der Waals surface area contributed by atoms with Crippen LogP contribution in [0.1, 0.15) is 44.9 Å². The number of rotatable bonds is 3. The van der Waals surface area contributed by atoms with Crippen LogP contribution < -0.4 is 0 Å². The molecule has 0 spiro atoms. The zero-order valence-corrected chi connectivity index (χ0v) is 16.5. The fraction of sp³-hybridized carbons (Fsp3) is 0.524. The number of aromatic nitrogens is 2. The summed E-state index contributed by atoms with van der Waals surface area (Å²) >= 11 is 0. The third kappa shape index (κ3) is 3.40. The molecule has 0 N–H and O–H groups in total. The van der Waals surface area contributed by atoms with Crippen LogP contribution in [0.4, 0.5) is 13.2 Å². The number of carbonyl (C=O) groups excluding carboxylic acids is 2. The predicted molar refractivity (Wildman–Crippen MR) is 100 cm³/mol. The average Bonchev–Trinajstić information content (AvgIpc) is 3.38. The SMILES string of the molecule is CC1(C(=O)N2CCC(c3nc(-c4ccccc4)no3)(C(F)(F)F)C2)CCC(=O)CC1. The maximum Gasteiger partial charge on any atom is 0.405 e. The summed E-state index contributed by atoms with van der Waals surface area (Å²) in [4.78, 5) is 29.9. The lowest BCUT2D eigenvalue weighted by atomic mass is 9.74. The second-order valence-corrected chi connectivity index (χ2v) is 8.45.